The Morgan fingerprint density at radius 3 is 2.71 bits per heavy atom. The first-order valence-corrected chi connectivity index (χ1v) is 5.94. The Bertz CT molecular complexity index is 578. The SMILES string of the molecule is N#Cc1ccc(OCCn2ccsc2=O)cc1. The average molecular weight is 246 g/mol. The van der Waals surface area contributed by atoms with Crippen molar-refractivity contribution in [2.75, 3.05) is 6.61 Å². The third-order valence-electron chi connectivity index (χ3n) is 2.23. The molecule has 0 radical (unpaired) electrons. The number of ether oxygens (including phenoxy) is 1. The highest BCUT2D eigenvalue weighted by Crippen LogP contribution is 2.11. The summed E-state index contributed by atoms with van der Waals surface area (Å²) < 4.78 is 7.07. The molecule has 0 saturated heterocycles. The predicted molar refractivity (Wildman–Crippen MR) is 65.2 cm³/mol. The Labute approximate surface area is 102 Å². The van der Waals surface area contributed by atoms with Gasteiger partial charge in [-0.2, -0.15) is 5.26 Å². The molecule has 0 atom stereocenters. The number of benzene rings is 1. The third-order valence-corrected chi connectivity index (χ3v) is 2.92. The summed E-state index contributed by atoms with van der Waals surface area (Å²) in [6.07, 6.45) is 1.75. The molecule has 0 saturated carbocycles. The van der Waals surface area contributed by atoms with E-state index < -0.39 is 0 Å². The molecule has 4 nitrogen and oxygen atoms in total. The molecule has 2 rings (SSSR count). The van der Waals surface area contributed by atoms with Crippen molar-refractivity contribution in [3.63, 3.8) is 0 Å². The summed E-state index contributed by atoms with van der Waals surface area (Å²) in [7, 11) is 0. The third kappa shape index (κ3) is 2.95. The van der Waals surface area contributed by atoms with Gasteiger partial charge in [-0.3, -0.25) is 4.79 Å². The highest BCUT2D eigenvalue weighted by molar-refractivity contribution is 7.07. The summed E-state index contributed by atoms with van der Waals surface area (Å²) in [5.74, 6) is 0.701. The van der Waals surface area contributed by atoms with E-state index >= 15 is 0 Å². The minimum Gasteiger partial charge on any atom is -0.492 e. The molecular formula is C12H10N2O2S. The molecular weight excluding hydrogens is 236 g/mol. The van der Waals surface area contributed by atoms with Crippen molar-refractivity contribution in [1.82, 2.24) is 4.57 Å². The largest absolute Gasteiger partial charge is 0.492 e. The van der Waals surface area contributed by atoms with Crippen molar-refractivity contribution in [1.29, 1.82) is 5.26 Å². The lowest BCUT2D eigenvalue weighted by Gasteiger charge is -2.05. The van der Waals surface area contributed by atoms with E-state index in [-0.39, 0.29) is 4.87 Å². The molecule has 0 N–H and O–H groups in total. The first-order chi connectivity index (χ1) is 8.29. The summed E-state index contributed by atoms with van der Waals surface area (Å²) in [4.78, 5) is 11.3. The normalized spacial score (nSPS) is 9.82. The van der Waals surface area contributed by atoms with Crippen LogP contribution in [0, 0.1) is 11.3 Å². The molecule has 0 bridgehead atoms. The van der Waals surface area contributed by atoms with Crippen LogP contribution in [0.1, 0.15) is 5.56 Å². The van der Waals surface area contributed by atoms with Gasteiger partial charge in [-0.15, -0.1) is 0 Å². The highest BCUT2D eigenvalue weighted by Gasteiger charge is 1.98. The average Bonchev–Trinajstić information content (AvgIpc) is 2.76. The van der Waals surface area contributed by atoms with Gasteiger partial charge in [0.1, 0.15) is 12.4 Å². The topological polar surface area (TPSA) is 55.0 Å². The molecule has 0 aliphatic rings. The van der Waals surface area contributed by atoms with Gasteiger partial charge in [-0.1, -0.05) is 11.3 Å². The Morgan fingerprint density at radius 2 is 2.12 bits per heavy atom. The fraction of sp³-hybridized carbons (Fsp3) is 0.167. The molecule has 2 aromatic rings. The van der Waals surface area contributed by atoms with Gasteiger partial charge in [0.2, 0.25) is 0 Å². The molecule has 1 aromatic heterocycles. The lowest BCUT2D eigenvalue weighted by atomic mass is 10.2. The minimum absolute atomic E-state index is 0.0217. The maximum absolute atomic E-state index is 11.2. The van der Waals surface area contributed by atoms with Crippen LogP contribution < -0.4 is 9.61 Å². The summed E-state index contributed by atoms with van der Waals surface area (Å²) in [5.41, 5.74) is 0.603. The van der Waals surface area contributed by atoms with Crippen molar-refractivity contribution in [3.8, 4) is 11.8 Å². The molecule has 0 aliphatic heterocycles. The zero-order chi connectivity index (χ0) is 12.1. The molecule has 1 aromatic carbocycles. The fourth-order valence-corrected chi connectivity index (χ4v) is 1.96. The maximum atomic E-state index is 11.2. The van der Waals surface area contributed by atoms with E-state index in [1.54, 1.807) is 40.4 Å². The number of nitriles is 1. The monoisotopic (exact) mass is 246 g/mol. The Balaban J connectivity index is 1.88. The zero-order valence-electron chi connectivity index (χ0n) is 9.00. The van der Waals surface area contributed by atoms with E-state index in [0.717, 1.165) is 0 Å². The second kappa shape index (κ2) is 5.32. The van der Waals surface area contributed by atoms with Gasteiger partial charge in [0.15, 0.2) is 0 Å². The molecule has 17 heavy (non-hydrogen) atoms. The van der Waals surface area contributed by atoms with Gasteiger partial charge in [0, 0.05) is 11.6 Å². The van der Waals surface area contributed by atoms with Crippen LogP contribution in [0.25, 0.3) is 0 Å². The summed E-state index contributed by atoms with van der Waals surface area (Å²) in [5, 5.41) is 10.4. The van der Waals surface area contributed by atoms with E-state index in [4.69, 9.17) is 10.00 Å². The van der Waals surface area contributed by atoms with Crippen LogP contribution in [-0.4, -0.2) is 11.2 Å². The van der Waals surface area contributed by atoms with Crippen molar-refractivity contribution in [2.45, 2.75) is 6.54 Å². The number of hydrogen-bond acceptors (Lipinski definition) is 4. The van der Waals surface area contributed by atoms with Crippen LogP contribution in [0.5, 0.6) is 5.75 Å². The second-order valence-corrected chi connectivity index (χ2v) is 4.20. The van der Waals surface area contributed by atoms with Gasteiger partial charge >= 0.3 is 4.87 Å². The minimum atomic E-state index is 0.0217. The summed E-state index contributed by atoms with van der Waals surface area (Å²) in [6.45, 7) is 0.963. The fourth-order valence-electron chi connectivity index (χ4n) is 1.34. The second-order valence-electron chi connectivity index (χ2n) is 3.35. The summed E-state index contributed by atoms with van der Waals surface area (Å²) >= 11 is 1.17. The van der Waals surface area contributed by atoms with Crippen LogP contribution in [0.4, 0.5) is 0 Å². The Hall–Kier alpha value is -2.06. The van der Waals surface area contributed by atoms with Crippen molar-refractivity contribution in [2.24, 2.45) is 0 Å². The molecule has 0 fully saturated rings. The lowest BCUT2D eigenvalue weighted by molar-refractivity contribution is 0.297. The van der Waals surface area contributed by atoms with Crippen LogP contribution >= 0.6 is 11.3 Å². The summed E-state index contributed by atoms with van der Waals surface area (Å²) in [6, 6.07) is 8.93. The van der Waals surface area contributed by atoms with Gasteiger partial charge < -0.3 is 9.30 Å². The first-order valence-electron chi connectivity index (χ1n) is 5.06. The van der Waals surface area contributed by atoms with Gasteiger partial charge in [0.05, 0.1) is 18.2 Å². The number of hydrogen-bond donors (Lipinski definition) is 0. The van der Waals surface area contributed by atoms with E-state index in [9.17, 15) is 4.79 Å². The highest BCUT2D eigenvalue weighted by atomic mass is 32.1. The maximum Gasteiger partial charge on any atom is 0.307 e. The van der Waals surface area contributed by atoms with E-state index in [1.807, 2.05) is 6.07 Å². The predicted octanol–water partition coefficient (Wildman–Crippen LogP) is 1.86. The molecule has 1 heterocycles. The molecule has 5 heteroatoms. The van der Waals surface area contributed by atoms with Crippen molar-refractivity contribution < 1.29 is 4.74 Å². The van der Waals surface area contributed by atoms with Gasteiger partial charge in [-0.05, 0) is 24.3 Å². The molecule has 0 aliphatic carbocycles. The molecule has 0 amide bonds. The quantitative estimate of drug-likeness (QED) is 0.827. The molecule has 0 spiro atoms. The van der Waals surface area contributed by atoms with E-state index in [1.165, 1.54) is 11.3 Å². The zero-order valence-corrected chi connectivity index (χ0v) is 9.81. The van der Waals surface area contributed by atoms with Crippen molar-refractivity contribution >= 4 is 11.3 Å². The van der Waals surface area contributed by atoms with Gasteiger partial charge in [-0.25, -0.2) is 0 Å². The smallest absolute Gasteiger partial charge is 0.307 e. The molecule has 86 valence electrons. The van der Waals surface area contributed by atoms with Crippen LogP contribution in [-0.2, 0) is 6.54 Å². The lowest BCUT2D eigenvalue weighted by Crippen LogP contribution is -2.16. The number of aromatic nitrogens is 1. The van der Waals surface area contributed by atoms with E-state index in [0.29, 0.717) is 24.5 Å². The van der Waals surface area contributed by atoms with Crippen LogP contribution in [0.15, 0.2) is 40.6 Å². The first kappa shape index (κ1) is 11.4. The molecule has 0 unspecified atom stereocenters. The van der Waals surface area contributed by atoms with Gasteiger partial charge in [0.25, 0.3) is 0 Å². The van der Waals surface area contributed by atoms with E-state index in [2.05, 4.69) is 0 Å². The van der Waals surface area contributed by atoms with Crippen molar-refractivity contribution in [3.05, 3.63) is 51.1 Å². The van der Waals surface area contributed by atoms with Crippen LogP contribution in [0.3, 0.4) is 0 Å². The van der Waals surface area contributed by atoms with Crippen LogP contribution in [0.2, 0.25) is 0 Å². The Morgan fingerprint density at radius 1 is 1.35 bits per heavy atom. The number of thiazole rings is 1. The Kier molecular flexibility index (Phi) is 3.58. The number of rotatable bonds is 4. The number of nitrogens with zero attached hydrogens (tertiary/aromatic N) is 2. The standard InChI is InChI=1S/C12H10N2O2S/c13-9-10-1-3-11(4-2-10)16-7-5-14-6-8-17-12(14)15/h1-4,6,8H,5,7H2.